The van der Waals surface area contributed by atoms with Gasteiger partial charge in [-0.3, -0.25) is 0 Å². The smallest absolute Gasteiger partial charge is 0.118 e. The van der Waals surface area contributed by atoms with Crippen molar-refractivity contribution >= 4 is 0 Å². The molecule has 1 aromatic carbocycles. The lowest BCUT2D eigenvalue weighted by Gasteiger charge is -2.40. The van der Waals surface area contributed by atoms with Gasteiger partial charge in [0.25, 0.3) is 0 Å². The Labute approximate surface area is 138 Å². The number of likely N-dealkylation sites (N-methyl/N-ethyl adjacent to an activating group) is 1. The lowest BCUT2D eigenvalue weighted by molar-refractivity contribution is -0.0277. The van der Waals surface area contributed by atoms with Gasteiger partial charge in [-0.15, -0.1) is 0 Å². The highest BCUT2D eigenvalue weighted by Crippen LogP contribution is 2.40. The van der Waals surface area contributed by atoms with Gasteiger partial charge in [0.2, 0.25) is 0 Å². The van der Waals surface area contributed by atoms with Crippen LogP contribution in [-0.2, 0) is 0 Å². The van der Waals surface area contributed by atoms with Crippen molar-refractivity contribution in [1.29, 1.82) is 0 Å². The summed E-state index contributed by atoms with van der Waals surface area (Å²) < 4.78 is 93.2. The van der Waals surface area contributed by atoms with Crippen molar-refractivity contribution in [2.45, 2.75) is 43.6 Å². The van der Waals surface area contributed by atoms with Crippen LogP contribution in [0, 0.1) is 0 Å². The number of hydrogen-bond acceptors (Lipinski definition) is 3. The van der Waals surface area contributed by atoms with Crippen molar-refractivity contribution in [3.63, 3.8) is 0 Å². The van der Waals surface area contributed by atoms with Crippen LogP contribution in [0.2, 0.25) is 0 Å². The molecule has 1 fully saturated rings. The minimum Gasteiger partial charge on any atom is -0.497 e. The van der Waals surface area contributed by atoms with Crippen LogP contribution in [0.4, 0.5) is 0 Å². The Balaban J connectivity index is 2.85. The van der Waals surface area contributed by atoms with E-state index in [0.717, 1.165) is 13.5 Å². The van der Waals surface area contributed by atoms with Crippen molar-refractivity contribution in [2.24, 2.45) is 0 Å². The molecule has 0 spiro atoms. The highest BCUT2D eigenvalue weighted by atomic mass is 16.5. The second kappa shape index (κ2) is 6.59. The van der Waals surface area contributed by atoms with E-state index in [1.54, 1.807) is 0 Å². The summed E-state index contributed by atoms with van der Waals surface area (Å²) in [5.74, 6) is -2.83. The normalized spacial score (nSPS) is 30.6. The van der Waals surface area contributed by atoms with E-state index in [9.17, 15) is 6.48 Å². The van der Waals surface area contributed by atoms with Gasteiger partial charge in [-0.1, -0.05) is 31.3 Å². The van der Waals surface area contributed by atoms with E-state index in [-0.39, 0.29) is 23.5 Å². The molecule has 2 rings (SSSR count). The topological polar surface area (TPSA) is 32.7 Å². The average Bonchev–Trinajstić information content (AvgIpc) is 2.64. The van der Waals surface area contributed by atoms with Crippen LogP contribution >= 0.6 is 0 Å². The molecule has 1 aliphatic carbocycles. The van der Waals surface area contributed by atoms with Gasteiger partial charge in [0, 0.05) is 22.0 Å². The van der Waals surface area contributed by atoms with Gasteiger partial charge >= 0.3 is 0 Å². The zero-order valence-corrected chi connectivity index (χ0v) is 11.5. The van der Waals surface area contributed by atoms with Crippen molar-refractivity contribution in [3.05, 3.63) is 29.7 Å². The van der Waals surface area contributed by atoms with Crippen molar-refractivity contribution in [3.8, 4) is 5.75 Å². The molecule has 1 aromatic rings. The van der Waals surface area contributed by atoms with Crippen LogP contribution in [-0.4, -0.2) is 43.2 Å². The van der Waals surface area contributed by atoms with E-state index in [1.165, 1.54) is 0 Å². The summed E-state index contributed by atoms with van der Waals surface area (Å²) in [5, 5.41) is 11.5. The fourth-order valence-corrected chi connectivity index (χ4v) is 2.61. The van der Waals surface area contributed by atoms with Gasteiger partial charge in [-0.05, 0) is 44.4 Å². The van der Waals surface area contributed by atoms with Gasteiger partial charge in [0.15, 0.2) is 0 Å². The van der Waals surface area contributed by atoms with E-state index < -0.39 is 61.7 Å². The van der Waals surface area contributed by atoms with Crippen LogP contribution in [0.3, 0.4) is 0 Å². The summed E-state index contributed by atoms with van der Waals surface area (Å²) in [6, 6.07) is -2.54. The zero-order chi connectivity index (χ0) is 24.0. The molecule has 0 bridgehead atoms. The maximum atomic E-state index is 11.5. The summed E-state index contributed by atoms with van der Waals surface area (Å²) in [5.41, 5.74) is -2.51. The summed E-state index contributed by atoms with van der Waals surface area (Å²) in [6.07, 6.45) is 1.77. The molecule has 0 saturated heterocycles. The van der Waals surface area contributed by atoms with Gasteiger partial charge in [-0.25, -0.2) is 0 Å². The molecule has 1 aliphatic rings. The first-order valence-corrected chi connectivity index (χ1v) is 6.66. The van der Waals surface area contributed by atoms with E-state index in [2.05, 4.69) is 0 Å². The molecule has 1 saturated carbocycles. The standard InChI is InChI=1S/C17H27NO2/c1-18(2)13-16(17(19)11-5-4-6-12-17)14-7-9-15(20-3)10-8-14/h7-10,16,19H,4-6,11-13H2,1-3H3/i1D3,2D3,7D,8D,9D,10D,16D. The third-order valence-corrected chi connectivity index (χ3v) is 3.67. The quantitative estimate of drug-likeness (QED) is 0.904. The van der Waals surface area contributed by atoms with E-state index in [0.29, 0.717) is 12.8 Å². The first-order chi connectivity index (χ1) is 14.0. The maximum absolute atomic E-state index is 11.5. The highest BCUT2D eigenvalue weighted by molar-refractivity contribution is 5.31. The zero-order valence-electron chi connectivity index (χ0n) is 22.5. The second-order valence-corrected chi connectivity index (χ2v) is 5.07. The minimum absolute atomic E-state index is 0.0257. The number of ether oxygens (including phenoxy) is 1. The summed E-state index contributed by atoms with van der Waals surface area (Å²) in [4.78, 5) is 0.121. The predicted molar refractivity (Wildman–Crippen MR) is 82.3 cm³/mol. The minimum atomic E-state index is -3.16. The molecule has 112 valence electrons. The Morgan fingerprint density at radius 1 is 1.35 bits per heavy atom. The van der Waals surface area contributed by atoms with Crippen molar-refractivity contribution in [1.82, 2.24) is 4.90 Å². The van der Waals surface area contributed by atoms with Gasteiger partial charge in [-0.2, -0.15) is 0 Å². The Morgan fingerprint density at radius 2 is 2.00 bits per heavy atom. The molecular weight excluding hydrogens is 250 g/mol. The molecule has 20 heavy (non-hydrogen) atoms. The largest absolute Gasteiger partial charge is 0.497 e. The van der Waals surface area contributed by atoms with Crippen molar-refractivity contribution < 1.29 is 24.9 Å². The molecule has 0 radical (unpaired) electrons. The molecule has 0 aliphatic heterocycles. The highest BCUT2D eigenvalue weighted by Gasteiger charge is 2.38. The van der Waals surface area contributed by atoms with Crippen LogP contribution in [0.25, 0.3) is 0 Å². The van der Waals surface area contributed by atoms with Gasteiger partial charge < -0.3 is 14.7 Å². The molecule has 0 aromatic heterocycles. The third kappa shape index (κ3) is 3.53. The number of hydrogen-bond donors (Lipinski definition) is 1. The number of rotatable bonds is 5. The number of aliphatic hydroxyl groups is 1. The molecule has 1 atom stereocenters. The Morgan fingerprint density at radius 3 is 2.55 bits per heavy atom. The van der Waals surface area contributed by atoms with E-state index in [4.69, 9.17) is 18.4 Å². The lowest BCUT2D eigenvalue weighted by Crippen LogP contribution is -2.42. The van der Waals surface area contributed by atoms with Crippen molar-refractivity contribution in [2.75, 3.05) is 27.6 Å². The predicted octanol–water partition coefficient (Wildman–Crippen LogP) is 3.04. The molecule has 3 heteroatoms. The van der Waals surface area contributed by atoms with Crippen LogP contribution in [0.15, 0.2) is 24.2 Å². The third-order valence-electron chi connectivity index (χ3n) is 3.67. The maximum Gasteiger partial charge on any atom is 0.118 e. The van der Waals surface area contributed by atoms with Crippen LogP contribution in [0.5, 0.6) is 5.75 Å². The Kier molecular flexibility index (Phi) is 2.10. The summed E-state index contributed by atoms with van der Waals surface area (Å²) in [7, 11) is 1.16. The average molecular weight is 288 g/mol. The van der Waals surface area contributed by atoms with Gasteiger partial charge in [0.1, 0.15) is 5.75 Å². The van der Waals surface area contributed by atoms with Gasteiger partial charge in [0.05, 0.1) is 18.2 Å². The number of methoxy groups -OCH3 is 1. The lowest BCUT2D eigenvalue weighted by atomic mass is 9.72. The molecule has 3 nitrogen and oxygen atoms in total. The monoisotopic (exact) mass is 288 g/mol. The first kappa shape index (κ1) is 6.37. The summed E-state index contributed by atoms with van der Waals surface area (Å²) in [6.45, 7) is -7.36. The number of benzene rings is 1. The second-order valence-electron chi connectivity index (χ2n) is 5.07. The molecule has 1 unspecified atom stereocenters. The first-order valence-electron chi connectivity index (χ1n) is 12.2. The fourth-order valence-electron chi connectivity index (χ4n) is 2.61. The molecular formula is C17H27NO2. The fraction of sp³-hybridized carbons (Fsp3) is 0.647. The molecule has 0 heterocycles. The summed E-state index contributed by atoms with van der Waals surface area (Å²) >= 11 is 0. The van der Waals surface area contributed by atoms with Crippen LogP contribution < -0.4 is 4.74 Å². The Bertz CT molecular complexity index is 775. The molecule has 0 amide bonds. The SMILES string of the molecule is [2H]c1c([2H])c(C([2H])(CN(C([2H])([2H])[2H])C([2H])([2H])[2H])C2(O)CCCCC2)c([2H])c([2H])c1OC. The van der Waals surface area contributed by atoms with E-state index >= 15 is 0 Å². The van der Waals surface area contributed by atoms with E-state index in [1.807, 2.05) is 0 Å². The Hall–Kier alpha value is -1.06. The molecule has 1 N–H and O–H groups in total. The van der Waals surface area contributed by atoms with Crippen LogP contribution in [0.1, 0.15) is 58.6 Å². The number of nitrogens with zero attached hydrogens (tertiary/aromatic N) is 1.